The summed E-state index contributed by atoms with van der Waals surface area (Å²) < 4.78 is 0. The molecule has 0 spiro atoms. The first-order chi connectivity index (χ1) is 8.24. The molecular formula is C14H22N2O. The van der Waals surface area contributed by atoms with Gasteiger partial charge in [-0.25, -0.2) is 0 Å². The third kappa shape index (κ3) is 5.50. The Balaban J connectivity index is 2.20. The lowest BCUT2D eigenvalue weighted by Crippen LogP contribution is -2.28. The third-order valence-electron chi connectivity index (χ3n) is 2.82. The van der Waals surface area contributed by atoms with Gasteiger partial charge in [-0.2, -0.15) is 0 Å². The van der Waals surface area contributed by atoms with E-state index in [1.54, 1.807) is 4.90 Å². The van der Waals surface area contributed by atoms with E-state index in [1.807, 2.05) is 25.2 Å². The zero-order valence-corrected chi connectivity index (χ0v) is 10.6. The van der Waals surface area contributed by atoms with Crippen LogP contribution in [0.5, 0.6) is 0 Å². The second kappa shape index (κ2) is 7.85. The van der Waals surface area contributed by atoms with Crippen molar-refractivity contribution >= 4 is 5.91 Å². The van der Waals surface area contributed by atoms with Crippen LogP contribution >= 0.6 is 0 Å². The van der Waals surface area contributed by atoms with E-state index in [2.05, 4.69) is 12.1 Å². The first-order valence-electron chi connectivity index (χ1n) is 6.22. The summed E-state index contributed by atoms with van der Waals surface area (Å²) in [6, 6.07) is 10.3. The Labute approximate surface area is 104 Å². The molecule has 3 heteroatoms. The smallest absolute Gasteiger partial charge is 0.222 e. The average Bonchev–Trinajstić information content (AvgIpc) is 2.37. The average molecular weight is 234 g/mol. The van der Waals surface area contributed by atoms with Crippen LogP contribution in [0.4, 0.5) is 0 Å². The molecule has 1 rings (SSSR count). The van der Waals surface area contributed by atoms with Crippen molar-refractivity contribution in [3.05, 3.63) is 35.9 Å². The summed E-state index contributed by atoms with van der Waals surface area (Å²) in [4.78, 5) is 13.5. The van der Waals surface area contributed by atoms with Gasteiger partial charge in [0.25, 0.3) is 0 Å². The summed E-state index contributed by atoms with van der Waals surface area (Å²) >= 11 is 0. The van der Waals surface area contributed by atoms with Crippen molar-refractivity contribution in [2.45, 2.75) is 25.7 Å². The van der Waals surface area contributed by atoms with Crippen LogP contribution in [0.2, 0.25) is 0 Å². The maximum Gasteiger partial charge on any atom is 0.222 e. The van der Waals surface area contributed by atoms with Crippen molar-refractivity contribution in [2.75, 3.05) is 20.1 Å². The van der Waals surface area contributed by atoms with Gasteiger partial charge in [-0.05, 0) is 31.4 Å². The molecule has 0 aliphatic heterocycles. The largest absolute Gasteiger partial charge is 0.346 e. The van der Waals surface area contributed by atoms with Crippen molar-refractivity contribution in [3.63, 3.8) is 0 Å². The van der Waals surface area contributed by atoms with Crippen LogP contribution in [-0.2, 0) is 11.2 Å². The molecule has 3 nitrogen and oxygen atoms in total. The maximum absolute atomic E-state index is 11.7. The first kappa shape index (κ1) is 13.7. The van der Waals surface area contributed by atoms with E-state index in [9.17, 15) is 4.79 Å². The molecule has 0 aliphatic carbocycles. The molecular weight excluding hydrogens is 212 g/mol. The molecule has 0 saturated heterocycles. The Bertz CT molecular complexity index is 324. The lowest BCUT2D eigenvalue weighted by atomic mass is 10.1. The maximum atomic E-state index is 11.7. The van der Waals surface area contributed by atoms with E-state index >= 15 is 0 Å². The zero-order valence-electron chi connectivity index (χ0n) is 10.6. The summed E-state index contributed by atoms with van der Waals surface area (Å²) in [7, 11) is 1.85. The van der Waals surface area contributed by atoms with Gasteiger partial charge in [0.2, 0.25) is 5.91 Å². The van der Waals surface area contributed by atoms with Gasteiger partial charge < -0.3 is 10.6 Å². The quantitative estimate of drug-likeness (QED) is 0.782. The lowest BCUT2D eigenvalue weighted by Gasteiger charge is -2.16. The van der Waals surface area contributed by atoms with E-state index in [1.165, 1.54) is 5.56 Å². The Hall–Kier alpha value is -1.35. The molecule has 94 valence electrons. The molecule has 0 bridgehead atoms. The number of nitrogens with zero attached hydrogens (tertiary/aromatic N) is 1. The summed E-state index contributed by atoms with van der Waals surface area (Å²) in [5, 5.41) is 0. The van der Waals surface area contributed by atoms with E-state index in [4.69, 9.17) is 5.73 Å². The Morgan fingerprint density at radius 3 is 2.59 bits per heavy atom. The normalized spacial score (nSPS) is 10.2. The Kier molecular flexibility index (Phi) is 6.33. The number of benzene rings is 1. The van der Waals surface area contributed by atoms with Crippen LogP contribution < -0.4 is 5.73 Å². The summed E-state index contributed by atoms with van der Waals surface area (Å²) in [6.45, 7) is 1.41. The van der Waals surface area contributed by atoms with Gasteiger partial charge >= 0.3 is 0 Å². The van der Waals surface area contributed by atoms with Crippen LogP contribution in [0.3, 0.4) is 0 Å². The highest BCUT2D eigenvalue weighted by atomic mass is 16.2. The van der Waals surface area contributed by atoms with Crippen LogP contribution in [-0.4, -0.2) is 30.9 Å². The van der Waals surface area contributed by atoms with Crippen LogP contribution in [0.15, 0.2) is 30.3 Å². The van der Waals surface area contributed by atoms with Gasteiger partial charge in [0.05, 0.1) is 0 Å². The SMILES string of the molecule is CN(CCCN)C(=O)CCCc1ccccc1. The fourth-order valence-electron chi connectivity index (χ4n) is 1.73. The Morgan fingerprint density at radius 1 is 1.24 bits per heavy atom. The molecule has 0 saturated carbocycles. The fraction of sp³-hybridized carbons (Fsp3) is 0.500. The summed E-state index contributed by atoms with van der Waals surface area (Å²) in [5.74, 6) is 0.217. The van der Waals surface area contributed by atoms with Crippen molar-refractivity contribution in [1.29, 1.82) is 0 Å². The minimum Gasteiger partial charge on any atom is -0.346 e. The van der Waals surface area contributed by atoms with E-state index in [0.717, 1.165) is 25.8 Å². The van der Waals surface area contributed by atoms with Crippen LogP contribution in [0.1, 0.15) is 24.8 Å². The number of hydrogen-bond acceptors (Lipinski definition) is 2. The Morgan fingerprint density at radius 2 is 1.94 bits per heavy atom. The minimum absolute atomic E-state index is 0.217. The molecule has 0 unspecified atom stereocenters. The number of rotatable bonds is 7. The fourth-order valence-corrected chi connectivity index (χ4v) is 1.73. The molecule has 1 aromatic carbocycles. The molecule has 1 amide bonds. The third-order valence-corrected chi connectivity index (χ3v) is 2.82. The second-order valence-corrected chi connectivity index (χ2v) is 4.30. The van der Waals surface area contributed by atoms with Crippen molar-refractivity contribution in [3.8, 4) is 0 Å². The summed E-state index contributed by atoms with van der Waals surface area (Å²) in [6.07, 6.45) is 3.38. The molecule has 0 radical (unpaired) electrons. The van der Waals surface area contributed by atoms with Gasteiger partial charge in [0, 0.05) is 20.0 Å². The zero-order chi connectivity index (χ0) is 12.5. The van der Waals surface area contributed by atoms with Gasteiger partial charge in [-0.3, -0.25) is 4.79 Å². The highest BCUT2D eigenvalue weighted by molar-refractivity contribution is 5.75. The highest BCUT2D eigenvalue weighted by Gasteiger charge is 2.07. The molecule has 0 heterocycles. The number of carbonyl (C=O) groups excluding carboxylic acids is 1. The standard InChI is InChI=1S/C14H22N2O/c1-16(12-6-11-15)14(17)10-5-9-13-7-3-2-4-8-13/h2-4,7-8H,5-6,9-12,15H2,1H3. The predicted molar refractivity (Wildman–Crippen MR) is 70.7 cm³/mol. The molecule has 0 aromatic heterocycles. The lowest BCUT2D eigenvalue weighted by molar-refractivity contribution is -0.130. The van der Waals surface area contributed by atoms with E-state index in [-0.39, 0.29) is 5.91 Å². The topological polar surface area (TPSA) is 46.3 Å². The van der Waals surface area contributed by atoms with Crippen molar-refractivity contribution in [2.24, 2.45) is 5.73 Å². The van der Waals surface area contributed by atoms with E-state index < -0.39 is 0 Å². The van der Waals surface area contributed by atoms with Gasteiger partial charge in [0.15, 0.2) is 0 Å². The molecule has 1 aromatic rings. The second-order valence-electron chi connectivity index (χ2n) is 4.30. The van der Waals surface area contributed by atoms with Gasteiger partial charge in [-0.1, -0.05) is 30.3 Å². The summed E-state index contributed by atoms with van der Waals surface area (Å²) in [5.41, 5.74) is 6.71. The molecule has 0 fully saturated rings. The number of aryl methyl sites for hydroxylation is 1. The van der Waals surface area contributed by atoms with Crippen LogP contribution in [0.25, 0.3) is 0 Å². The minimum atomic E-state index is 0.217. The highest BCUT2D eigenvalue weighted by Crippen LogP contribution is 2.05. The van der Waals surface area contributed by atoms with Crippen molar-refractivity contribution < 1.29 is 4.79 Å². The van der Waals surface area contributed by atoms with Gasteiger partial charge in [0.1, 0.15) is 0 Å². The molecule has 0 atom stereocenters. The number of nitrogens with two attached hydrogens (primary N) is 1. The predicted octanol–water partition coefficient (Wildman–Crippen LogP) is 1.82. The monoisotopic (exact) mass is 234 g/mol. The number of carbonyl (C=O) groups is 1. The number of hydrogen-bond donors (Lipinski definition) is 1. The molecule has 0 aliphatic rings. The molecule has 2 N–H and O–H groups in total. The molecule has 17 heavy (non-hydrogen) atoms. The van der Waals surface area contributed by atoms with Crippen LogP contribution in [0, 0.1) is 0 Å². The number of amides is 1. The van der Waals surface area contributed by atoms with E-state index in [0.29, 0.717) is 13.0 Å². The van der Waals surface area contributed by atoms with Gasteiger partial charge in [-0.15, -0.1) is 0 Å². The van der Waals surface area contributed by atoms with Crippen molar-refractivity contribution in [1.82, 2.24) is 4.90 Å². The first-order valence-corrected chi connectivity index (χ1v) is 6.22.